The van der Waals surface area contributed by atoms with E-state index in [-0.39, 0.29) is 0 Å². The van der Waals surface area contributed by atoms with Gasteiger partial charge in [-0.1, -0.05) is 22.0 Å². The predicted octanol–water partition coefficient (Wildman–Crippen LogP) is 1.99. The van der Waals surface area contributed by atoms with Crippen molar-refractivity contribution in [2.75, 3.05) is 25.0 Å². The molecule has 1 aliphatic heterocycles. The molecule has 0 radical (unpaired) electrons. The molecular weight excluding hydrogens is 268 g/mol. The maximum absolute atomic E-state index is 5.62. The van der Waals surface area contributed by atoms with Crippen LogP contribution >= 0.6 is 15.9 Å². The number of halogens is 1. The summed E-state index contributed by atoms with van der Waals surface area (Å²) in [5.74, 6) is 0. The van der Waals surface area contributed by atoms with Gasteiger partial charge in [0.1, 0.15) is 0 Å². The molecule has 2 rings (SSSR count). The number of alkyl halides is 1. The molecule has 0 aliphatic carbocycles. The SMILES string of the molecule is Cc1cccnc1CN1CCOC(CBr)C1. The smallest absolute Gasteiger partial charge is 0.0799 e. The number of nitrogens with zero attached hydrogens (tertiary/aromatic N) is 2. The standard InChI is InChI=1S/C12H17BrN2O/c1-10-3-2-4-14-12(10)9-15-5-6-16-11(7-13)8-15/h2-4,11H,5-9H2,1H3. The molecule has 2 heterocycles. The molecule has 0 bridgehead atoms. The van der Waals surface area contributed by atoms with Crippen LogP contribution in [0.25, 0.3) is 0 Å². The lowest BCUT2D eigenvalue weighted by Crippen LogP contribution is -2.42. The average molecular weight is 285 g/mol. The molecule has 0 amide bonds. The summed E-state index contributed by atoms with van der Waals surface area (Å²) in [6.45, 7) is 5.85. The van der Waals surface area contributed by atoms with Crippen LogP contribution in [0.3, 0.4) is 0 Å². The number of rotatable bonds is 3. The number of aryl methyl sites for hydroxylation is 1. The van der Waals surface area contributed by atoms with Crippen molar-refractivity contribution in [1.82, 2.24) is 9.88 Å². The third-order valence-corrected chi connectivity index (χ3v) is 3.61. The summed E-state index contributed by atoms with van der Waals surface area (Å²) in [7, 11) is 0. The summed E-state index contributed by atoms with van der Waals surface area (Å²) < 4.78 is 5.62. The Hall–Kier alpha value is -0.450. The summed E-state index contributed by atoms with van der Waals surface area (Å²) in [6, 6.07) is 4.10. The highest BCUT2D eigenvalue weighted by molar-refractivity contribution is 9.09. The van der Waals surface area contributed by atoms with E-state index in [0.717, 1.165) is 31.6 Å². The molecule has 1 aromatic heterocycles. The molecule has 88 valence electrons. The fourth-order valence-electron chi connectivity index (χ4n) is 1.91. The van der Waals surface area contributed by atoms with Gasteiger partial charge in [-0.05, 0) is 18.6 Å². The first-order valence-electron chi connectivity index (χ1n) is 5.60. The van der Waals surface area contributed by atoms with Crippen molar-refractivity contribution in [1.29, 1.82) is 0 Å². The predicted molar refractivity (Wildman–Crippen MR) is 67.8 cm³/mol. The lowest BCUT2D eigenvalue weighted by Gasteiger charge is -2.32. The molecule has 16 heavy (non-hydrogen) atoms. The van der Waals surface area contributed by atoms with Crippen LogP contribution in [0.4, 0.5) is 0 Å². The Labute approximate surface area is 105 Å². The maximum Gasteiger partial charge on any atom is 0.0799 e. The second kappa shape index (κ2) is 5.75. The van der Waals surface area contributed by atoms with Gasteiger partial charge in [-0.3, -0.25) is 9.88 Å². The van der Waals surface area contributed by atoms with Gasteiger partial charge in [0.05, 0.1) is 18.4 Å². The Bertz CT molecular complexity index is 346. The second-order valence-corrected chi connectivity index (χ2v) is 4.80. The van der Waals surface area contributed by atoms with Crippen LogP contribution < -0.4 is 0 Å². The van der Waals surface area contributed by atoms with E-state index in [4.69, 9.17) is 4.74 Å². The minimum atomic E-state index is 0.317. The van der Waals surface area contributed by atoms with Gasteiger partial charge < -0.3 is 4.74 Å². The summed E-state index contributed by atoms with van der Waals surface area (Å²) in [5, 5.41) is 0.907. The van der Waals surface area contributed by atoms with Crippen LogP contribution in [-0.4, -0.2) is 41.0 Å². The molecule has 1 aliphatic rings. The molecule has 0 saturated carbocycles. The molecule has 1 atom stereocenters. The van der Waals surface area contributed by atoms with Gasteiger partial charge in [-0.25, -0.2) is 0 Å². The highest BCUT2D eigenvalue weighted by Crippen LogP contribution is 2.12. The normalized spacial score (nSPS) is 22.2. The van der Waals surface area contributed by atoms with Crippen molar-refractivity contribution in [2.45, 2.75) is 19.6 Å². The molecule has 0 aromatic carbocycles. The van der Waals surface area contributed by atoms with Gasteiger partial charge in [0.15, 0.2) is 0 Å². The summed E-state index contributed by atoms with van der Waals surface area (Å²) in [4.78, 5) is 6.84. The minimum absolute atomic E-state index is 0.317. The molecular formula is C12H17BrN2O. The van der Waals surface area contributed by atoms with Gasteiger partial charge in [0.25, 0.3) is 0 Å². The number of hydrogen-bond acceptors (Lipinski definition) is 3. The van der Waals surface area contributed by atoms with Crippen molar-refractivity contribution < 1.29 is 4.74 Å². The zero-order chi connectivity index (χ0) is 11.4. The van der Waals surface area contributed by atoms with Crippen molar-refractivity contribution in [3.05, 3.63) is 29.6 Å². The van der Waals surface area contributed by atoms with E-state index < -0.39 is 0 Å². The third-order valence-electron chi connectivity index (χ3n) is 2.89. The molecule has 3 nitrogen and oxygen atoms in total. The summed E-state index contributed by atoms with van der Waals surface area (Å²) >= 11 is 3.47. The Kier molecular flexibility index (Phi) is 4.32. The van der Waals surface area contributed by atoms with Crippen molar-refractivity contribution in [2.24, 2.45) is 0 Å². The quantitative estimate of drug-likeness (QED) is 0.794. The largest absolute Gasteiger partial charge is 0.375 e. The molecule has 1 saturated heterocycles. The van der Waals surface area contributed by atoms with Crippen molar-refractivity contribution in [3.63, 3.8) is 0 Å². The lowest BCUT2D eigenvalue weighted by molar-refractivity contribution is -0.0185. The topological polar surface area (TPSA) is 25.4 Å². The Morgan fingerprint density at radius 1 is 1.62 bits per heavy atom. The van der Waals surface area contributed by atoms with Crippen LogP contribution in [0.15, 0.2) is 18.3 Å². The number of pyridine rings is 1. The van der Waals surface area contributed by atoms with E-state index in [9.17, 15) is 0 Å². The Morgan fingerprint density at radius 3 is 3.25 bits per heavy atom. The van der Waals surface area contributed by atoms with Crippen LogP contribution in [0.2, 0.25) is 0 Å². The Balaban J connectivity index is 1.97. The molecule has 0 N–H and O–H groups in total. The van der Waals surface area contributed by atoms with Crippen LogP contribution in [-0.2, 0) is 11.3 Å². The van der Waals surface area contributed by atoms with E-state index >= 15 is 0 Å². The van der Waals surface area contributed by atoms with Gasteiger partial charge in [-0.15, -0.1) is 0 Å². The highest BCUT2D eigenvalue weighted by atomic mass is 79.9. The van der Waals surface area contributed by atoms with Crippen LogP contribution in [0, 0.1) is 6.92 Å². The van der Waals surface area contributed by atoms with E-state index in [1.807, 2.05) is 12.3 Å². The van der Waals surface area contributed by atoms with E-state index in [0.29, 0.717) is 6.10 Å². The lowest BCUT2D eigenvalue weighted by atomic mass is 10.2. The zero-order valence-corrected chi connectivity index (χ0v) is 11.1. The summed E-state index contributed by atoms with van der Waals surface area (Å²) in [5.41, 5.74) is 2.45. The first-order chi connectivity index (χ1) is 7.79. The average Bonchev–Trinajstić information content (AvgIpc) is 2.32. The van der Waals surface area contributed by atoms with Gasteiger partial charge in [-0.2, -0.15) is 0 Å². The van der Waals surface area contributed by atoms with Crippen molar-refractivity contribution in [3.8, 4) is 0 Å². The van der Waals surface area contributed by atoms with E-state index in [1.165, 1.54) is 11.3 Å². The highest BCUT2D eigenvalue weighted by Gasteiger charge is 2.19. The molecule has 1 unspecified atom stereocenters. The molecule has 1 aromatic rings. The zero-order valence-electron chi connectivity index (χ0n) is 9.53. The maximum atomic E-state index is 5.62. The van der Waals surface area contributed by atoms with Gasteiger partial charge in [0.2, 0.25) is 0 Å². The minimum Gasteiger partial charge on any atom is -0.375 e. The fourth-order valence-corrected chi connectivity index (χ4v) is 2.30. The number of ether oxygens (including phenoxy) is 1. The van der Waals surface area contributed by atoms with E-state index in [1.54, 1.807) is 0 Å². The van der Waals surface area contributed by atoms with Gasteiger partial charge >= 0.3 is 0 Å². The number of hydrogen-bond donors (Lipinski definition) is 0. The molecule has 4 heteroatoms. The van der Waals surface area contributed by atoms with Crippen LogP contribution in [0.5, 0.6) is 0 Å². The second-order valence-electron chi connectivity index (χ2n) is 4.15. The molecule has 0 spiro atoms. The Morgan fingerprint density at radius 2 is 2.50 bits per heavy atom. The fraction of sp³-hybridized carbons (Fsp3) is 0.583. The first-order valence-corrected chi connectivity index (χ1v) is 6.72. The first kappa shape index (κ1) is 12.0. The van der Waals surface area contributed by atoms with Crippen LogP contribution in [0.1, 0.15) is 11.3 Å². The third kappa shape index (κ3) is 3.03. The monoisotopic (exact) mass is 284 g/mol. The van der Waals surface area contributed by atoms with Crippen molar-refractivity contribution >= 4 is 15.9 Å². The summed E-state index contributed by atoms with van der Waals surface area (Å²) in [6.07, 6.45) is 2.18. The van der Waals surface area contributed by atoms with E-state index in [2.05, 4.69) is 38.8 Å². The number of morpholine rings is 1. The molecule has 1 fully saturated rings. The van der Waals surface area contributed by atoms with Gasteiger partial charge in [0, 0.05) is 31.2 Å². The number of aromatic nitrogens is 1.